The monoisotopic (exact) mass is 234 g/mol. The Morgan fingerprint density at radius 2 is 1.88 bits per heavy atom. The van der Waals surface area contributed by atoms with Crippen LogP contribution in [0.25, 0.3) is 11.3 Å². The molecule has 4 heteroatoms. The minimum Gasteiger partial charge on any atom is -0.385 e. The van der Waals surface area contributed by atoms with E-state index in [2.05, 4.69) is 10.3 Å². The topological polar surface area (TPSA) is 24.9 Å². The molecule has 1 aromatic carbocycles. The molecule has 17 heavy (non-hydrogen) atoms. The number of hydrogen-bond donors (Lipinski definition) is 1. The number of nitrogens with zero attached hydrogens (tertiary/aromatic N) is 1. The second-order valence-electron chi connectivity index (χ2n) is 3.56. The summed E-state index contributed by atoms with van der Waals surface area (Å²) in [6, 6.07) is 7.17. The summed E-state index contributed by atoms with van der Waals surface area (Å²) in [6.45, 7) is 2.69. The molecule has 2 rings (SSSR count). The number of pyridine rings is 1. The number of anilines is 1. The summed E-state index contributed by atoms with van der Waals surface area (Å²) >= 11 is 0. The number of benzene rings is 1. The van der Waals surface area contributed by atoms with Gasteiger partial charge < -0.3 is 5.32 Å². The molecule has 2 aromatic rings. The van der Waals surface area contributed by atoms with Crippen molar-refractivity contribution in [3.63, 3.8) is 0 Å². The minimum atomic E-state index is -0.605. The summed E-state index contributed by atoms with van der Waals surface area (Å²) in [5.74, 6) is -1.21. The van der Waals surface area contributed by atoms with Gasteiger partial charge in [-0.1, -0.05) is 6.07 Å². The van der Waals surface area contributed by atoms with E-state index in [0.29, 0.717) is 5.69 Å². The van der Waals surface area contributed by atoms with Crippen LogP contribution in [0.3, 0.4) is 0 Å². The maximum absolute atomic E-state index is 13.6. The first-order chi connectivity index (χ1) is 8.22. The van der Waals surface area contributed by atoms with E-state index in [1.54, 1.807) is 12.1 Å². The van der Waals surface area contributed by atoms with Crippen molar-refractivity contribution < 1.29 is 8.78 Å². The van der Waals surface area contributed by atoms with E-state index in [4.69, 9.17) is 0 Å². The lowest BCUT2D eigenvalue weighted by molar-refractivity contribution is 0.588. The van der Waals surface area contributed by atoms with Gasteiger partial charge in [-0.05, 0) is 31.2 Å². The SMILES string of the molecule is CCNc1ccnc(-c2c(F)cccc2F)c1. The maximum Gasteiger partial charge on any atom is 0.135 e. The van der Waals surface area contributed by atoms with Gasteiger partial charge in [0.2, 0.25) is 0 Å². The van der Waals surface area contributed by atoms with Gasteiger partial charge in [-0.15, -0.1) is 0 Å². The third-order valence-electron chi connectivity index (χ3n) is 2.36. The van der Waals surface area contributed by atoms with Crippen LogP contribution in [0.15, 0.2) is 36.5 Å². The zero-order valence-electron chi connectivity index (χ0n) is 9.37. The standard InChI is InChI=1S/C13H12F2N2/c1-2-16-9-6-7-17-12(8-9)13-10(14)4-3-5-11(13)15/h3-8H,2H2,1H3,(H,16,17). The van der Waals surface area contributed by atoms with Gasteiger partial charge in [0.05, 0.1) is 11.3 Å². The lowest BCUT2D eigenvalue weighted by atomic mass is 10.1. The van der Waals surface area contributed by atoms with E-state index in [-0.39, 0.29) is 5.56 Å². The molecule has 0 aliphatic carbocycles. The van der Waals surface area contributed by atoms with Crippen LogP contribution < -0.4 is 5.32 Å². The number of hydrogen-bond acceptors (Lipinski definition) is 2. The quantitative estimate of drug-likeness (QED) is 0.879. The predicted octanol–water partition coefficient (Wildman–Crippen LogP) is 3.46. The molecule has 2 nitrogen and oxygen atoms in total. The van der Waals surface area contributed by atoms with Crippen LogP contribution in [0.2, 0.25) is 0 Å². The van der Waals surface area contributed by atoms with Gasteiger partial charge in [-0.3, -0.25) is 4.98 Å². The molecule has 0 amide bonds. The number of aromatic nitrogens is 1. The van der Waals surface area contributed by atoms with Crippen molar-refractivity contribution in [1.29, 1.82) is 0 Å². The van der Waals surface area contributed by atoms with Crippen LogP contribution in [-0.4, -0.2) is 11.5 Å². The van der Waals surface area contributed by atoms with Gasteiger partial charge >= 0.3 is 0 Å². The Kier molecular flexibility index (Phi) is 3.32. The van der Waals surface area contributed by atoms with Crippen LogP contribution in [0.4, 0.5) is 14.5 Å². The van der Waals surface area contributed by atoms with Gasteiger partial charge in [0, 0.05) is 18.4 Å². The van der Waals surface area contributed by atoms with Crippen LogP contribution >= 0.6 is 0 Å². The summed E-state index contributed by atoms with van der Waals surface area (Å²) < 4.78 is 27.1. The van der Waals surface area contributed by atoms with Crippen molar-refractivity contribution in [3.8, 4) is 11.3 Å². The zero-order chi connectivity index (χ0) is 12.3. The molecule has 0 radical (unpaired) electrons. The van der Waals surface area contributed by atoms with Crippen molar-refractivity contribution in [3.05, 3.63) is 48.2 Å². The summed E-state index contributed by atoms with van der Waals surface area (Å²) in [5.41, 5.74) is 0.992. The van der Waals surface area contributed by atoms with Gasteiger partial charge in [-0.25, -0.2) is 8.78 Å². The minimum absolute atomic E-state index is 0.0905. The molecule has 0 unspecified atom stereocenters. The second kappa shape index (κ2) is 4.91. The normalized spacial score (nSPS) is 10.3. The Morgan fingerprint density at radius 1 is 1.18 bits per heavy atom. The number of nitrogens with one attached hydrogen (secondary N) is 1. The molecule has 0 spiro atoms. The molecule has 1 heterocycles. The molecule has 0 aliphatic rings. The summed E-state index contributed by atoms with van der Waals surface area (Å²) in [5, 5.41) is 3.07. The first-order valence-corrected chi connectivity index (χ1v) is 5.36. The van der Waals surface area contributed by atoms with E-state index < -0.39 is 11.6 Å². The van der Waals surface area contributed by atoms with Gasteiger partial charge in [0.15, 0.2) is 0 Å². The third kappa shape index (κ3) is 2.41. The highest BCUT2D eigenvalue weighted by atomic mass is 19.1. The largest absolute Gasteiger partial charge is 0.385 e. The molecule has 1 N–H and O–H groups in total. The Labute approximate surface area is 98.3 Å². The molecule has 0 saturated heterocycles. The first-order valence-electron chi connectivity index (χ1n) is 5.36. The third-order valence-corrected chi connectivity index (χ3v) is 2.36. The fourth-order valence-corrected chi connectivity index (χ4v) is 1.62. The molecule has 88 valence electrons. The molecule has 1 aromatic heterocycles. The molecular weight excluding hydrogens is 222 g/mol. The molecular formula is C13H12F2N2. The lowest BCUT2D eigenvalue weighted by Gasteiger charge is -2.07. The molecule has 0 aliphatic heterocycles. The summed E-state index contributed by atoms with van der Waals surface area (Å²) in [6.07, 6.45) is 1.53. The van der Waals surface area contributed by atoms with Gasteiger partial charge in [0.1, 0.15) is 11.6 Å². The number of halogens is 2. The molecule has 0 atom stereocenters. The van der Waals surface area contributed by atoms with Crippen molar-refractivity contribution in [2.24, 2.45) is 0 Å². The second-order valence-corrected chi connectivity index (χ2v) is 3.56. The van der Waals surface area contributed by atoms with Crippen LogP contribution in [0, 0.1) is 11.6 Å². The summed E-state index contributed by atoms with van der Waals surface area (Å²) in [7, 11) is 0. The van der Waals surface area contributed by atoms with E-state index in [1.807, 2.05) is 6.92 Å². The Balaban J connectivity index is 2.49. The molecule has 0 saturated carbocycles. The van der Waals surface area contributed by atoms with E-state index >= 15 is 0 Å². The lowest BCUT2D eigenvalue weighted by Crippen LogP contribution is -1.98. The van der Waals surface area contributed by atoms with E-state index in [0.717, 1.165) is 12.2 Å². The van der Waals surface area contributed by atoms with Gasteiger partial charge in [-0.2, -0.15) is 0 Å². The fourth-order valence-electron chi connectivity index (χ4n) is 1.62. The predicted molar refractivity (Wildman–Crippen MR) is 63.8 cm³/mol. The van der Waals surface area contributed by atoms with Crippen LogP contribution in [0.5, 0.6) is 0 Å². The maximum atomic E-state index is 13.6. The van der Waals surface area contributed by atoms with Gasteiger partial charge in [0.25, 0.3) is 0 Å². The highest BCUT2D eigenvalue weighted by Crippen LogP contribution is 2.25. The summed E-state index contributed by atoms with van der Waals surface area (Å²) in [4.78, 5) is 3.99. The van der Waals surface area contributed by atoms with Crippen molar-refractivity contribution in [1.82, 2.24) is 4.98 Å². The van der Waals surface area contributed by atoms with Crippen molar-refractivity contribution in [2.75, 3.05) is 11.9 Å². The van der Waals surface area contributed by atoms with Crippen molar-refractivity contribution >= 4 is 5.69 Å². The smallest absolute Gasteiger partial charge is 0.135 e. The van der Waals surface area contributed by atoms with E-state index in [9.17, 15) is 8.78 Å². The average Bonchev–Trinajstić information content (AvgIpc) is 2.30. The Morgan fingerprint density at radius 3 is 2.53 bits per heavy atom. The highest BCUT2D eigenvalue weighted by molar-refractivity contribution is 5.65. The number of rotatable bonds is 3. The van der Waals surface area contributed by atoms with Crippen LogP contribution in [-0.2, 0) is 0 Å². The van der Waals surface area contributed by atoms with Crippen molar-refractivity contribution in [2.45, 2.75) is 6.92 Å². The highest BCUT2D eigenvalue weighted by Gasteiger charge is 2.12. The fraction of sp³-hybridized carbons (Fsp3) is 0.154. The Hall–Kier alpha value is -1.97. The van der Waals surface area contributed by atoms with E-state index in [1.165, 1.54) is 24.4 Å². The molecule has 0 bridgehead atoms. The Bertz CT molecular complexity index is 506. The average molecular weight is 234 g/mol. The first kappa shape index (κ1) is 11.5. The zero-order valence-corrected chi connectivity index (χ0v) is 9.37. The van der Waals surface area contributed by atoms with Crippen LogP contribution in [0.1, 0.15) is 6.92 Å². The molecule has 0 fully saturated rings.